The quantitative estimate of drug-likeness (QED) is 0.917. The van der Waals surface area contributed by atoms with Crippen LogP contribution in [-0.2, 0) is 18.3 Å². The largest absolute Gasteiger partial charge is 0.481 e. The minimum Gasteiger partial charge on any atom is -0.481 e. The first-order valence-corrected chi connectivity index (χ1v) is 6.44. The SMILES string of the molecule is Cc1nc(C(C)C)nc2c1c(CCC(=O)O)cn2C. The van der Waals surface area contributed by atoms with Gasteiger partial charge in [-0.1, -0.05) is 13.8 Å². The van der Waals surface area contributed by atoms with E-state index in [-0.39, 0.29) is 12.3 Å². The summed E-state index contributed by atoms with van der Waals surface area (Å²) in [6.45, 7) is 6.09. The fourth-order valence-electron chi connectivity index (χ4n) is 2.26. The van der Waals surface area contributed by atoms with Crippen LogP contribution < -0.4 is 0 Å². The molecule has 0 spiro atoms. The van der Waals surface area contributed by atoms with Crippen molar-refractivity contribution in [2.24, 2.45) is 7.05 Å². The maximum absolute atomic E-state index is 10.7. The van der Waals surface area contributed by atoms with Crippen molar-refractivity contribution in [3.63, 3.8) is 0 Å². The van der Waals surface area contributed by atoms with Crippen LogP contribution in [0.1, 0.15) is 43.3 Å². The Bertz CT molecular complexity index is 629. The maximum atomic E-state index is 10.7. The van der Waals surface area contributed by atoms with Crippen LogP contribution >= 0.6 is 0 Å². The number of carboxylic acid groups (broad SMARTS) is 1. The standard InChI is InChI=1S/C14H19N3O2/c1-8(2)13-15-9(3)12-10(5-6-11(18)19)7-17(4)14(12)16-13/h7-8H,5-6H2,1-4H3,(H,18,19). The van der Waals surface area contributed by atoms with Crippen molar-refractivity contribution < 1.29 is 9.90 Å². The predicted molar refractivity (Wildman–Crippen MR) is 73.3 cm³/mol. The molecule has 2 rings (SSSR count). The number of aromatic nitrogens is 3. The van der Waals surface area contributed by atoms with E-state index in [4.69, 9.17) is 5.11 Å². The second kappa shape index (κ2) is 4.99. The van der Waals surface area contributed by atoms with Crippen molar-refractivity contribution in [1.29, 1.82) is 0 Å². The number of carboxylic acids is 1. The molecule has 0 radical (unpaired) electrons. The third kappa shape index (κ3) is 2.59. The van der Waals surface area contributed by atoms with Gasteiger partial charge in [0, 0.05) is 31.0 Å². The molecule has 0 fully saturated rings. The second-order valence-corrected chi connectivity index (χ2v) is 5.18. The zero-order valence-corrected chi connectivity index (χ0v) is 11.8. The number of nitrogens with zero attached hydrogens (tertiary/aromatic N) is 3. The van der Waals surface area contributed by atoms with Gasteiger partial charge in [-0.05, 0) is 18.9 Å². The Balaban J connectivity index is 2.54. The molecule has 0 saturated heterocycles. The zero-order valence-electron chi connectivity index (χ0n) is 11.8. The molecule has 0 unspecified atom stereocenters. The van der Waals surface area contributed by atoms with E-state index >= 15 is 0 Å². The van der Waals surface area contributed by atoms with Gasteiger partial charge in [0.25, 0.3) is 0 Å². The molecule has 2 aromatic rings. The summed E-state index contributed by atoms with van der Waals surface area (Å²) >= 11 is 0. The molecule has 1 N–H and O–H groups in total. The van der Waals surface area contributed by atoms with E-state index in [1.807, 2.05) is 24.7 Å². The molecular formula is C14H19N3O2. The van der Waals surface area contributed by atoms with Crippen LogP contribution in [0.25, 0.3) is 11.0 Å². The number of aliphatic carboxylic acids is 1. The fourth-order valence-corrected chi connectivity index (χ4v) is 2.26. The van der Waals surface area contributed by atoms with Crippen LogP contribution in [0.5, 0.6) is 0 Å². The number of rotatable bonds is 4. The van der Waals surface area contributed by atoms with E-state index in [0.717, 1.165) is 28.1 Å². The first kappa shape index (κ1) is 13.5. The molecular weight excluding hydrogens is 242 g/mol. The van der Waals surface area contributed by atoms with Gasteiger partial charge in [0.05, 0.1) is 5.69 Å². The van der Waals surface area contributed by atoms with Crippen molar-refractivity contribution in [2.75, 3.05) is 0 Å². The highest BCUT2D eigenvalue weighted by molar-refractivity contribution is 5.83. The van der Waals surface area contributed by atoms with Crippen molar-refractivity contribution >= 4 is 17.0 Å². The summed E-state index contributed by atoms with van der Waals surface area (Å²) in [4.78, 5) is 19.8. The number of fused-ring (bicyclic) bond motifs is 1. The molecule has 0 aromatic carbocycles. The molecule has 5 heteroatoms. The maximum Gasteiger partial charge on any atom is 0.303 e. The summed E-state index contributed by atoms with van der Waals surface area (Å²) in [6.07, 6.45) is 2.60. The number of hydrogen-bond acceptors (Lipinski definition) is 3. The first-order chi connectivity index (χ1) is 8.90. The highest BCUT2D eigenvalue weighted by atomic mass is 16.4. The molecule has 0 bridgehead atoms. The molecule has 2 heterocycles. The lowest BCUT2D eigenvalue weighted by Gasteiger charge is -2.07. The van der Waals surface area contributed by atoms with E-state index in [0.29, 0.717) is 6.42 Å². The van der Waals surface area contributed by atoms with Gasteiger partial charge in [-0.3, -0.25) is 4.79 Å². The van der Waals surface area contributed by atoms with Gasteiger partial charge in [-0.2, -0.15) is 0 Å². The molecule has 0 saturated carbocycles. The van der Waals surface area contributed by atoms with Crippen LogP contribution in [0.15, 0.2) is 6.20 Å². The van der Waals surface area contributed by atoms with E-state index in [9.17, 15) is 4.79 Å². The van der Waals surface area contributed by atoms with E-state index < -0.39 is 5.97 Å². The van der Waals surface area contributed by atoms with Crippen LogP contribution in [0.2, 0.25) is 0 Å². The average molecular weight is 261 g/mol. The van der Waals surface area contributed by atoms with Gasteiger partial charge in [-0.15, -0.1) is 0 Å². The molecule has 19 heavy (non-hydrogen) atoms. The summed E-state index contributed by atoms with van der Waals surface area (Å²) in [5.74, 6) is 0.325. The Kier molecular flexibility index (Phi) is 3.55. The van der Waals surface area contributed by atoms with Crippen molar-refractivity contribution in [3.8, 4) is 0 Å². The number of carbonyl (C=O) groups is 1. The Morgan fingerprint density at radius 1 is 1.42 bits per heavy atom. The number of hydrogen-bond donors (Lipinski definition) is 1. The summed E-state index contributed by atoms with van der Waals surface area (Å²) in [5, 5.41) is 9.80. The lowest BCUT2D eigenvalue weighted by atomic mass is 10.1. The monoisotopic (exact) mass is 261 g/mol. The topological polar surface area (TPSA) is 68.0 Å². The summed E-state index contributed by atoms with van der Waals surface area (Å²) in [7, 11) is 1.93. The first-order valence-electron chi connectivity index (χ1n) is 6.44. The molecule has 0 atom stereocenters. The van der Waals surface area contributed by atoms with Crippen LogP contribution in [-0.4, -0.2) is 25.6 Å². The second-order valence-electron chi connectivity index (χ2n) is 5.18. The molecule has 0 aliphatic rings. The summed E-state index contributed by atoms with van der Waals surface area (Å²) in [5.41, 5.74) is 2.82. The van der Waals surface area contributed by atoms with Gasteiger partial charge in [0.2, 0.25) is 0 Å². The molecule has 2 aromatic heterocycles. The Morgan fingerprint density at radius 3 is 2.68 bits per heavy atom. The summed E-state index contributed by atoms with van der Waals surface area (Å²) < 4.78 is 1.95. The normalized spacial score (nSPS) is 11.4. The highest BCUT2D eigenvalue weighted by Gasteiger charge is 2.15. The lowest BCUT2D eigenvalue weighted by molar-refractivity contribution is -0.136. The molecule has 0 amide bonds. The van der Waals surface area contributed by atoms with E-state index in [2.05, 4.69) is 23.8 Å². The minimum atomic E-state index is -0.783. The van der Waals surface area contributed by atoms with Gasteiger partial charge < -0.3 is 9.67 Å². The highest BCUT2D eigenvalue weighted by Crippen LogP contribution is 2.24. The third-order valence-electron chi connectivity index (χ3n) is 3.22. The molecule has 102 valence electrons. The third-order valence-corrected chi connectivity index (χ3v) is 3.22. The molecule has 5 nitrogen and oxygen atoms in total. The van der Waals surface area contributed by atoms with Gasteiger partial charge in [-0.25, -0.2) is 9.97 Å². The summed E-state index contributed by atoms with van der Waals surface area (Å²) in [6, 6.07) is 0. The van der Waals surface area contributed by atoms with Gasteiger partial charge in [0.15, 0.2) is 0 Å². The zero-order chi connectivity index (χ0) is 14.2. The predicted octanol–water partition coefficient (Wildman–Crippen LogP) is 2.42. The van der Waals surface area contributed by atoms with E-state index in [1.165, 1.54) is 0 Å². The minimum absolute atomic E-state index is 0.129. The van der Waals surface area contributed by atoms with Gasteiger partial charge in [0.1, 0.15) is 11.5 Å². The van der Waals surface area contributed by atoms with Crippen molar-refractivity contribution in [3.05, 3.63) is 23.3 Å². The average Bonchev–Trinajstić information content (AvgIpc) is 2.64. The Labute approximate surface area is 112 Å². The Morgan fingerprint density at radius 2 is 2.11 bits per heavy atom. The van der Waals surface area contributed by atoms with Gasteiger partial charge >= 0.3 is 5.97 Å². The molecule has 0 aliphatic heterocycles. The molecule has 0 aliphatic carbocycles. The number of aryl methyl sites for hydroxylation is 3. The van der Waals surface area contributed by atoms with E-state index in [1.54, 1.807) is 0 Å². The van der Waals surface area contributed by atoms with Crippen LogP contribution in [0.3, 0.4) is 0 Å². The fraction of sp³-hybridized carbons (Fsp3) is 0.500. The van der Waals surface area contributed by atoms with Crippen LogP contribution in [0.4, 0.5) is 0 Å². The smallest absolute Gasteiger partial charge is 0.303 e. The Hall–Kier alpha value is -1.91. The lowest BCUT2D eigenvalue weighted by Crippen LogP contribution is -2.02. The van der Waals surface area contributed by atoms with Crippen LogP contribution in [0, 0.1) is 6.92 Å². The van der Waals surface area contributed by atoms with Crippen molar-refractivity contribution in [2.45, 2.75) is 39.5 Å². The van der Waals surface area contributed by atoms with Crippen molar-refractivity contribution in [1.82, 2.24) is 14.5 Å².